The molecule has 0 aliphatic carbocycles. The third-order valence-electron chi connectivity index (χ3n) is 1.60. The number of hydrogen-bond donors (Lipinski definition) is 1. The van der Waals surface area contributed by atoms with Crippen LogP contribution in [0.1, 0.15) is 19.4 Å². The van der Waals surface area contributed by atoms with Crippen molar-refractivity contribution in [3.05, 3.63) is 29.8 Å². The average molecular weight is 215 g/mol. The monoisotopic (exact) mass is 215 g/mol. The summed E-state index contributed by atoms with van der Waals surface area (Å²) in [6, 6.07) is 6.71. The molecule has 0 aliphatic heterocycles. The molecule has 0 spiro atoms. The summed E-state index contributed by atoms with van der Waals surface area (Å²) in [5, 5.41) is 0. The van der Waals surface area contributed by atoms with Gasteiger partial charge in [0.1, 0.15) is 0 Å². The highest BCUT2D eigenvalue weighted by atomic mass is 32.2. The summed E-state index contributed by atoms with van der Waals surface area (Å²) in [6.45, 7) is 5.91. The molecule has 0 radical (unpaired) electrons. The van der Waals surface area contributed by atoms with Crippen LogP contribution in [0.5, 0.6) is 0 Å². The Morgan fingerprint density at radius 1 is 1.07 bits per heavy atom. The lowest BCUT2D eigenvalue weighted by Gasteiger charge is -2.01. The second kappa shape index (κ2) is 5.78. The van der Waals surface area contributed by atoms with Gasteiger partial charge >= 0.3 is 0 Å². The van der Waals surface area contributed by atoms with E-state index in [9.17, 15) is 8.42 Å². The first-order valence-corrected chi connectivity index (χ1v) is 6.05. The van der Waals surface area contributed by atoms with Gasteiger partial charge in [-0.25, -0.2) is 13.1 Å². The molecule has 0 saturated heterocycles. The average Bonchev–Trinajstić information content (AvgIpc) is 2.21. The molecule has 0 heterocycles. The summed E-state index contributed by atoms with van der Waals surface area (Å²) < 4.78 is 24.7. The van der Waals surface area contributed by atoms with E-state index in [0.29, 0.717) is 4.90 Å². The van der Waals surface area contributed by atoms with Crippen LogP contribution in [-0.2, 0) is 10.0 Å². The Kier molecular flexibility index (Phi) is 5.42. The largest absolute Gasteiger partial charge is 0.240 e. The van der Waals surface area contributed by atoms with E-state index in [-0.39, 0.29) is 0 Å². The van der Waals surface area contributed by atoms with Gasteiger partial charge in [-0.1, -0.05) is 31.5 Å². The summed E-state index contributed by atoms with van der Waals surface area (Å²) in [5.41, 5.74) is 1.05. The smallest absolute Gasteiger partial charge is 0.214 e. The van der Waals surface area contributed by atoms with Crippen molar-refractivity contribution >= 4 is 10.0 Å². The molecule has 1 aromatic rings. The lowest BCUT2D eigenvalue weighted by molar-refractivity contribution is 0.588. The van der Waals surface area contributed by atoms with Crippen molar-refractivity contribution in [2.24, 2.45) is 0 Å². The van der Waals surface area contributed by atoms with Crippen LogP contribution in [0.25, 0.3) is 0 Å². The topological polar surface area (TPSA) is 46.2 Å². The van der Waals surface area contributed by atoms with Gasteiger partial charge in [0.05, 0.1) is 4.90 Å². The molecule has 0 saturated carbocycles. The van der Waals surface area contributed by atoms with Crippen molar-refractivity contribution < 1.29 is 8.42 Å². The van der Waals surface area contributed by atoms with Crippen molar-refractivity contribution in [3.63, 3.8) is 0 Å². The number of sulfonamides is 1. The predicted octanol–water partition coefficient (Wildman–Crippen LogP) is 1.93. The molecule has 4 heteroatoms. The fraction of sp³-hybridized carbons (Fsp3) is 0.400. The molecule has 1 N–H and O–H groups in total. The third-order valence-corrected chi connectivity index (χ3v) is 3.03. The quantitative estimate of drug-likeness (QED) is 0.819. The Bertz CT molecular complexity index is 354. The van der Waals surface area contributed by atoms with Gasteiger partial charge in [-0.3, -0.25) is 0 Å². The minimum Gasteiger partial charge on any atom is -0.214 e. The Balaban J connectivity index is 0.000000791. The maximum absolute atomic E-state index is 11.2. The van der Waals surface area contributed by atoms with E-state index >= 15 is 0 Å². The minimum absolute atomic E-state index is 0.301. The fourth-order valence-electron chi connectivity index (χ4n) is 0.835. The van der Waals surface area contributed by atoms with E-state index in [1.807, 2.05) is 20.8 Å². The van der Waals surface area contributed by atoms with Crippen molar-refractivity contribution in [2.45, 2.75) is 25.7 Å². The molecule has 3 nitrogen and oxygen atoms in total. The predicted molar refractivity (Wildman–Crippen MR) is 58.8 cm³/mol. The zero-order valence-electron chi connectivity index (χ0n) is 9.03. The van der Waals surface area contributed by atoms with Crippen LogP contribution in [0, 0.1) is 6.92 Å². The van der Waals surface area contributed by atoms with Gasteiger partial charge in [0.15, 0.2) is 0 Å². The Morgan fingerprint density at radius 2 is 1.50 bits per heavy atom. The van der Waals surface area contributed by atoms with Crippen molar-refractivity contribution in [3.8, 4) is 0 Å². The van der Waals surface area contributed by atoms with Crippen LogP contribution in [0.15, 0.2) is 29.2 Å². The summed E-state index contributed by atoms with van der Waals surface area (Å²) in [5.74, 6) is 0. The minimum atomic E-state index is -3.26. The summed E-state index contributed by atoms with van der Waals surface area (Å²) in [4.78, 5) is 0.301. The second-order valence-corrected chi connectivity index (χ2v) is 4.41. The van der Waals surface area contributed by atoms with Gasteiger partial charge in [0.2, 0.25) is 10.0 Å². The lowest BCUT2D eigenvalue weighted by atomic mass is 10.2. The van der Waals surface area contributed by atoms with Gasteiger partial charge in [0, 0.05) is 0 Å². The summed E-state index contributed by atoms with van der Waals surface area (Å²) >= 11 is 0. The first kappa shape index (κ1) is 13.1. The molecular formula is C10H17NO2S. The van der Waals surface area contributed by atoms with E-state index in [2.05, 4.69) is 4.72 Å². The van der Waals surface area contributed by atoms with Gasteiger partial charge < -0.3 is 0 Å². The standard InChI is InChI=1S/C8H11NO2S.C2H6/c1-7-3-5-8(6-4-7)12(10,11)9-2;1-2/h3-6,9H,1-2H3;1-2H3. The lowest BCUT2D eigenvalue weighted by Crippen LogP contribution is -2.18. The molecule has 0 bridgehead atoms. The van der Waals surface area contributed by atoms with E-state index < -0.39 is 10.0 Å². The van der Waals surface area contributed by atoms with Crippen LogP contribution in [-0.4, -0.2) is 15.5 Å². The second-order valence-electron chi connectivity index (χ2n) is 2.52. The molecule has 0 atom stereocenters. The van der Waals surface area contributed by atoms with Crippen LogP contribution in [0.3, 0.4) is 0 Å². The molecule has 80 valence electrons. The van der Waals surface area contributed by atoms with Crippen molar-refractivity contribution in [1.82, 2.24) is 4.72 Å². The third kappa shape index (κ3) is 3.47. The summed E-state index contributed by atoms with van der Waals surface area (Å²) in [6.07, 6.45) is 0. The van der Waals surface area contributed by atoms with E-state index in [4.69, 9.17) is 0 Å². The van der Waals surface area contributed by atoms with Crippen molar-refractivity contribution in [1.29, 1.82) is 0 Å². The van der Waals surface area contributed by atoms with Crippen LogP contribution >= 0.6 is 0 Å². The number of nitrogens with one attached hydrogen (secondary N) is 1. The number of benzene rings is 1. The highest BCUT2D eigenvalue weighted by Crippen LogP contribution is 2.08. The van der Waals surface area contributed by atoms with E-state index in [1.165, 1.54) is 7.05 Å². The van der Waals surface area contributed by atoms with Crippen LogP contribution in [0.4, 0.5) is 0 Å². The molecule has 0 fully saturated rings. The van der Waals surface area contributed by atoms with E-state index in [1.54, 1.807) is 24.3 Å². The molecule has 1 aromatic carbocycles. The normalized spacial score (nSPS) is 10.3. The van der Waals surface area contributed by atoms with Gasteiger partial charge in [0.25, 0.3) is 0 Å². The Labute approximate surface area is 86.2 Å². The number of aryl methyl sites for hydroxylation is 1. The summed E-state index contributed by atoms with van der Waals surface area (Å²) in [7, 11) is -1.87. The Hall–Kier alpha value is -0.870. The van der Waals surface area contributed by atoms with Crippen molar-refractivity contribution in [2.75, 3.05) is 7.05 Å². The number of rotatable bonds is 2. The Morgan fingerprint density at radius 3 is 1.86 bits per heavy atom. The maximum Gasteiger partial charge on any atom is 0.240 e. The highest BCUT2D eigenvalue weighted by Gasteiger charge is 2.09. The molecular weight excluding hydrogens is 198 g/mol. The molecule has 0 aliphatic rings. The van der Waals surface area contributed by atoms with Gasteiger partial charge in [-0.05, 0) is 26.1 Å². The molecule has 0 unspecified atom stereocenters. The zero-order chi connectivity index (χ0) is 11.2. The SMILES string of the molecule is CC.CNS(=O)(=O)c1ccc(C)cc1. The molecule has 14 heavy (non-hydrogen) atoms. The van der Waals surface area contributed by atoms with Gasteiger partial charge in [-0.2, -0.15) is 0 Å². The van der Waals surface area contributed by atoms with Crippen LogP contribution < -0.4 is 4.72 Å². The number of hydrogen-bond acceptors (Lipinski definition) is 2. The first-order chi connectivity index (χ1) is 6.56. The first-order valence-electron chi connectivity index (χ1n) is 4.56. The molecule has 0 amide bonds. The highest BCUT2D eigenvalue weighted by molar-refractivity contribution is 7.89. The van der Waals surface area contributed by atoms with Gasteiger partial charge in [-0.15, -0.1) is 0 Å². The van der Waals surface area contributed by atoms with E-state index in [0.717, 1.165) is 5.56 Å². The zero-order valence-corrected chi connectivity index (χ0v) is 9.85. The van der Waals surface area contributed by atoms with Crippen LogP contribution in [0.2, 0.25) is 0 Å². The molecule has 0 aromatic heterocycles. The fourth-order valence-corrected chi connectivity index (χ4v) is 1.57. The molecule has 1 rings (SSSR count). The maximum atomic E-state index is 11.2.